The Kier molecular flexibility index (Phi) is 8.46. The molecule has 7 nitrogen and oxygen atoms in total. The van der Waals surface area contributed by atoms with Crippen LogP contribution in [0.2, 0.25) is 0 Å². The van der Waals surface area contributed by atoms with E-state index in [0.717, 1.165) is 62.8 Å². The highest BCUT2D eigenvalue weighted by atomic mass is 16.4. The number of amides is 2. The van der Waals surface area contributed by atoms with Gasteiger partial charge in [-0.25, -0.2) is 10.9 Å². The summed E-state index contributed by atoms with van der Waals surface area (Å²) >= 11 is 0. The van der Waals surface area contributed by atoms with Crippen molar-refractivity contribution >= 4 is 23.2 Å². The van der Waals surface area contributed by atoms with Gasteiger partial charge in [0.15, 0.2) is 11.5 Å². The van der Waals surface area contributed by atoms with Crippen molar-refractivity contribution in [3.63, 3.8) is 0 Å². The fraction of sp³-hybridized carbons (Fsp3) is 0.636. The number of nitrogens with one attached hydrogen (secondary N) is 2. The summed E-state index contributed by atoms with van der Waals surface area (Å²) in [5, 5.41) is 8.53. The van der Waals surface area contributed by atoms with Crippen LogP contribution in [0.4, 0.5) is 0 Å². The molecule has 0 bridgehead atoms. The Balaban J connectivity index is 1.52. The third-order valence-electron chi connectivity index (χ3n) is 5.55. The van der Waals surface area contributed by atoms with Crippen LogP contribution < -0.4 is 10.9 Å². The molecule has 7 heteroatoms. The summed E-state index contributed by atoms with van der Waals surface area (Å²) in [6.07, 6.45) is 15.6. The molecule has 1 aromatic heterocycles. The number of furan rings is 1. The smallest absolute Gasteiger partial charge is 0.307 e. The number of hydrogen-bond acceptors (Lipinski definition) is 5. The zero-order valence-corrected chi connectivity index (χ0v) is 17.2. The molecule has 1 heterocycles. The molecule has 3 rings (SSSR count). The minimum Gasteiger partial charge on any atom is -0.446 e. The lowest BCUT2D eigenvalue weighted by atomic mass is 9.99. The van der Waals surface area contributed by atoms with Gasteiger partial charge >= 0.3 is 11.8 Å². The average Bonchev–Trinajstić information content (AvgIpc) is 3.16. The van der Waals surface area contributed by atoms with Crippen molar-refractivity contribution in [1.82, 2.24) is 10.9 Å². The molecule has 0 radical (unpaired) electrons. The van der Waals surface area contributed by atoms with E-state index in [1.165, 1.54) is 50.7 Å². The van der Waals surface area contributed by atoms with Crippen molar-refractivity contribution in [2.24, 2.45) is 10.2 Å². The van der Waals surface area contributed by atoms with Gasteiger partial charge in [0.2, 0.25) is 0 Å². The van der Waals surface area contributed by atoms with Crippen molar-refractivity contribution in [1.29, 1.82) is 0 Å². The Morgan fingerprint density at radius 2 is 0.966 bits per heavy atom. The molecule has 0 atom stereocenters. The molecule has 2 N–H and O–H groups in total. The summed E-state index contributed by atoms with van der Waals surface area (Å²) in [4.78, 5) is 24.6. The minimum atomic E-state index is -0.440. The first kappa shape index (κ1) is 21.3. The third-order valence-corrected chi connectivity index (χ3v) is 5.55. The van der Waals surface area contributed by atoms with Crippen LogP contribution >= 0.6 is 0 Å². The van der Waals surface area contributed by atoms with E-state index in [4.69, 9.17) is 4.42 Å². The minimum absolute atomic E-state index is 0.0731. The normalized spacial score (nSPS) is 18.6. The highest BCUT2D eigenvalue weighted by molar-refractivity contribution is 5.97. The molecule has 2 aliphatic rings. The number of carbonyl (C=O) groups is 2. The van der Waals surface area contributed by atoms with Crippen molar-refractivity contribution < 1.29 is 14.0 Å². The van der Waals surface area contributed by atoms with Gasteiger partial charge in [-0.3, -0.25) is 9.59 Å². The van der Waals surface area contributed by atoms with Crippen LogP contribution in [0.25, 0.3) is 0 Å². The number of hydrogen-bond donors (Lipinski definition) is 2. The number of rotatable bonds is 4. The van der Waals surface area contributed by atoms with Gasteiger partial charge in [-0.15, -0.1) is 0 Å². The Labute approximate surface area is 172 Å². The van der Waals surface area contributed by atoms with Gasteiger partial charge in [0.25, 0.3) is 0 Å². The Morgan fingerprint density at radius 1 is 0.621 bits per heavy atom. The fourth-order valence-corrected chi connectivity index (χ4v) is 3.80. The maximum absolute atomic E-state index is 12.3. The maximum atomic E-state index is 12.3. The first-order chi connectivity index (χ1) is 14.2. The third kappa shape index (κ3) is 7.15. The molecule has 0 aliphatic heterocycles. The Hall–Kier alpha value is -2.44. The van der Waals surface area contributed by atoms with Crippen LogP contribution in [0.5, 0.6) is 0 Å². The summed E-state index contributed by atoms with van der Waals surface area (Å²) in [6, 6.07) is 2.98. The summed E-state index contributed by atoms with van der Waals surface area (Å²) in [5.74, 6) is -0.734. The molecule has 2 amide bonds. The van der Waals surface area contributed by atoms with Gasteiger partial charge < -0.3 is 4.42 Å². The van der Waals surface area contributed by atoms with Crippen LogP contribution in [0, 0.1) is 0 Å². The SMILES string of the molecule is O=C(NN=C1CCCCCCC1)c1ccc(C(=O)NN=C2CCCCCCC2)o1. The van der Waals surface area contributed by atoms with E-state index in [1.54, 1.807) is 0 Å². The number of hydrazone groups is 2. The first-order valence-electron chi connectivity index (χ1n) is 11.0. The largest absolute Gasteiger partial charge is 0.446 e. The highest BCUT2D eigenvalue weighted by Crippen LogP contribution is 2.16. The van der Waals surface area contributed by atoms with E-state index in [9.17, 15) is 9.59 Å². The van der Waals surface area contributed by atoms with Crippen molar-refractivity contribution in [2.45, 2.75) is 89.9 Å². The van der Waals surface area contributed by atoms with Gasteiger partial charge in [0.1, 0.15) is 0 Å². The lowest BCUT2D eigenvalue weighted by Gasteiger charge is -2.10. The standard InChI is InChI=1S/C22H32N4O3/c27-21(25-23-17-11-7-3-1-4-8-12-17)19-15-16-20(29-19)22(28)26-24-18-13-9-5-2-6-10-14-18/h15-16H,1-14H2,(H,25,27)(H,26,28). The molecule has 0 aromatic carbocycles. The van der Waals surface area contributed by atoms with Gasteiger partial charge in [0, 0.05) is 11.4 Å². The van der Waals surface area contributed by atoms with Crippen molar-refractivity contribution in [3.8, 4) is 0 Å². The molecule has 0 saturated heterocycles. The van der Waals surface area contributed by atoms with Crippen LogP contribution in [0.1, 0.15) is 111 Å². The molecule has 0 spiro atoms. The highest BCUT2D eigenvalue weighted by Gasteiger charge is 2.16. The topological polar surface area (TPSA) is 96.1 Å². The second kappa shape index (κ2) is 11.5. The fourth-order valence-electron chi connectivity index (χ4n) is 3.80. The van der Waals surface area contributed by atoms with Crippen LogP contribution in [-0.2, 0) is 0 Å². The quantitative estimate of drug-likeness (QED) is 0.701. The zero-order valence-electron chi connectivity index (χ0n) is 17.2. The Bertz CT molecular complexity index is 670. The molecular weight excluding hydrogens is 368 g/mol. The van der Waals surface area contributed by atoms with Crippen LogP contribution in [0.15, 0.2) is 26.8 Å². The molecule has 0 unspecified atom stereocenters. The molecule has 2 fully saturated rings. The molecule has 2 saturated carbocycles. The van der Waals surface area contributed by atoms with Gasteiger partial charge in [-0.2, -0.15) is 10.2 Å². The van der Waals surface area contributed by atoms with Crippen LogP contribution in [0.3, 0.4) is 0 Å². The number of nitrogens with zero attached hydrogens (tertiary/aromatic N) is 2. The Morgan fingerprint density at radius 3 is 1.34 bits per heavy atom. The molecule has 1 aromatic rings. The van der Waals surface area contributed by atoms with E-state index in [-0.39, 0.29) is 11.5 Å². The summed E-state index contributed by atoms with van der Waals surface area (Å²) in [5.41, 5.74) is 7.17. The van der Waals surface area contributed by atoms with Crippen molar-refractivity contribution in [2.75, 3.05) is 0 Å². The van der Waals surface area contributed by atoms with E-state index >= 15 is 0 Å². The molecular formula is C22H32N4O3. The van der Waals surface area contributed by atoms with E-state index in [1.807, 2.05) is 0 Å². The lowest BCUT2D eigenvalue weighted by molar-refractivity contribution is 0.0902. The molecule has 29 heavy (non-hydrogen) atoms. The molecule has 158 valence electrons. The van der Waals surface area contributed by atoms with E-state index in [0.29, 0.717) is 0 Å². The lowest BCUT2D eigenvalue weighted by Crippen LogP contribution is -2.21. The van der Waals surface area contributed by atoms with Crippen molar-refractivity contribution in [3.05, 3.63) is 23.7 Å². The zero-order chi connectivity index (χ0) is 20.3. The summed E-state index contributed by atoms with van der Waals surface area (Å²) in [6.45, 7) is 0. The number of carbonyl (C=O) groups excluding carboxylic acids is 2. The predicted octanol–water partition coefficient (Wildman–Crippen LogP) is 4.94. The maximum Gasteiger partial charge on any atom is 0.307 e. The second-order valence-electron chi connectivity index (χ2n) is 7.94. The summed E-state index contributed by atoms with van der Waals surface area (Å²) in [7, 11) is 0. The van der Waals surface area contributed by atoms with Crippen LogP contribution in [-0.4, -0.2) is 23.2 Å². The molecule has 2 aliphatic carbocycles. The summed E-state index contributed by atoms with van der Waals surface area (Å²) < 4.78 is 5.41. The predicted molar refractivity (Wildman–Crippen MR) is 113 cm³/mol. The van der Waals surface area contributed by atoms with E-state index in [2.05, 4.69) is 21.1 Å². The van der Waals surface area contributed by atoms with E-state index < -0.39 is 11.8 Å². The first-order valence-corrected chi connectivity index (χ1v) is 11.0. The van der Waals surface area contributed by atoms with Gasteiger partial charge in [-0.1, -0.05) is 38.5 Å². The van der Waals surface area contributed by atoms with Gasteiger partial charge in [0.05, 0.1) is 0 Å². The average molecular weight is 401 g/mol. The second-order valence-corrected chi connectivity index (χ2v) is 7.94. The monoisotopic (exact) mass is 400 g/mol. The van der Waals surface area contributed by atoms with Gasteiger partial charge in [-0.05, 0) is 63.5 Å².